The van der Waals surface area contributed by atoms with Crippen molar-refractivity contribution in [2.24, 2.45) is 23.7 Å². The molecule has 2 nitrogen and oxygen atoms in total. The Labute approximate surface area is 541 Å². The number of hydrogen-bond donors (Lipinski definition) is 0. The van der Waals surface area contributed by atoms with Gasteiger partial charge in [-0.15, -0.1) is 0 Å². The van der Waals surface area contributed by atoms with Gasteiger partial charge in [-0.3, -0.25) is 0 Å². The van der Waals surface area contributed by atoms with Gasteiger partial charge in [-0.05, 0) is 215 Å². The molecule has 0 amide bonds. The average Bonchev–Trinajstić information content (AvgIpc) is 3.58. The predicted octanol–water partition coefficient (Wildman–Crippen LogP) is 25.7. The maximum Gasteiger partial charge on any atom is 0.123 e. The zero-order valence-corrected chi connectivity index (χ0v) is 58.0. The number of rotatable bonds is 14. The highest BCUT2D eigenvalue weighted by Gasteiger charge is 2.03. The molecule has 8 aromatic rings. The van der Waals surface area contributed by atoms with Crippen molar-refractivity contribution in [3.05, 3.63) is 270 Å². The fraction of sp³-hybridized carbons (Fsp3) is 0.385. The molecule has 0 saturated carbocycles. The van der Waals surface area contributed by atoms with Crippen LogP contribution in [-0.2, 0) is 25.7 Å². The molecule has 0 aliphatic heterocycles. The van der Waals surface area contributed by atoms with Crippen LogP contribution >= 0.6 is 46.4 Å². The first kappa shape index (κ1) is 78.4. The van der Waals surface area contributed by atoms with Gasteiger partial charge in [-0.25, -0.2) is 8.78 Å². The molecule has 0 bridgehead atoms. The molecule has 86 heavy (non-hydrogen) atoms. The van der Waals surface area contributed by atoms with E-state index in [-0.39, 0.29) is 11.6 Å². The van der Waals surface area contributed by atoms with Gasteiger partial charge < -0.3 is 9.47 Å². The first-order valence-electron chi connectivity index (χ1n) is 30.4. The van der Waals surface area contributed by atoms with Gasteiger partial charge in [0.15, 0.2) is 0 Å². The highest BCUT2D eigenvalue weighted by atomic mass is 35.5. The van der Waals surface area contributed by atoms with Gasteiger partial charge in [0.2, 0.25) is 0 Å². The molecule has 8 heteroatoms. The van der Waals surface area contributed by atoms with Crippen LogP contribution in [-0.4, -0.2) is 14.2 Å². The molecule has 0 saturated heterocycles. The van der Waals surface area contributed by atoms with E-state index >= 15 is 0 Å². The summed E-state index contributed by atoms with van der Waals surface area (Å²) >= 11 is 23.1. The lowest BCUT2D eigenvalue weighted by atomic mass is 10.0. The van der Waals surface area contributed by atoms with Crippen molar-refractivity contribution in [3.63, 3.8) is 0 Å². The second-order valence-corrected chi connectivity index (χ2v) is 25.9. The topological polar surface area (TPSA) is 18.5 Å². The number of hydrogen-bond acceptors (Lipinski definition) is 2. The monoisotopic (exact) mass is 1250 g/mol. The predicted molar refractivity (Wildman–Crippen MR) is 375 cm³/mol. The van der Waals surface area contributed by atoms with E-state index in [0.717, 1.165) is 69.1 Å². The average molecular weight is 1250 g/mol. The Kier molecular flexibility index (Phi) is 40.8. The van der Waals surface area contributed by atoms with Crippen molar-refractivity contribution in [1.29, 1.82) is 0 Å². The Hall–Kier alpha value is -5.62. The molecule has 0 unspecified atom stereocenters. The lowest BCUT2D eigenvalue weighted by Gasteiger charge is -2.05. The van der Waals surface area contributed by atoms with Gasteiger partial charge in [0.25, 0.3) is 0 Å². The first-order chi connectivity index (χ1) is 40.6. The van der Waals surface area contributed by atoms with Gasteiger partial charge >= 0.3 is 0 Å². The van der Waals surface area contributed by atoms with Crippen molar-refractivity contribution in [2.45, 2.75) is 160 Å². The lowest BCUT2D eigenvalue weighted by Crippen LogP contribution is -1.93. The largest absolute Gasteiger partial charge is 0.497 e. The summed E-state index contributed by atoms with van der Waals surface area (Å²) in [5.41, 5.74) is 10.5. The van der Waals surface area contributed by atoms with Crippen molar-refractivity contribution >= 4 is 46.4 Å². The molecule has 0 N–H and O–H groups in total. The number of methoxy groups -OCH3 is 2. The highest BCUT2D eigenvalue weighted by molar-refractivity contribution is 6.31. The van der Waals surface area contributed by atoms with Gasteiger partial charge in [0, 0.05) is 20.1 Å². The second-order valence-electron chi connectivity index (χ2n) is 24.2. The molecular weight excluding hydrogens is 1150 g/mol. The van der Waals surface area contributed by atoms with Crippen LogP contribution < -0.4 is 9.47 Å². The quantitative estimate of drug-likeness (QED) is 0.108. The van der Waals surface area contributed by atoms with Crippen LogP contribution in [0, 0.1) is 35.3 Å². The Morgan fingerprint density at radius 3 is 0.860 bits per heavy atom. The third-order valence-electron chi connectivity index (χ3n) is 12.8. The fourth-order valence-electron chi connectivity index (χ4n) is 8.10. The third-order valence-corrected chi connectivity index (χ3v) is 13.8. The summed E-state index contributed by atoms with van der Waals surface area (Å²) < 4.78 is 34.9. The van der Waals surface area contributed by atoms with Gasteiger partial charge in [0.05, 0.1) is 14.2 Å². The molecule has 468 valence electrons. The number of halogens is 6. The molecule has 0 radical (unpaired) electrons. The van der Waals surface area contributed by atoms with E-state index < -0.39 is 0 Å². The van der Waals surface area contributed by atoms with E-state index in [9.17, 15) is 8.78 Å². The van der Waals surface area contributed by atoms with Crippen LogP contribution in [0.25, 0.3) is 0 Å². The number of ether oxygens (including phenoxy) is 2. The zero-order chi connectivity index (χ0) is 64.7. The Morgan fingerprint density at radius 2 is 0.547 bits per heavy atom. The minimum atomic E-state index is -0.163. The normalized spacial score (nSPS) is 10.4. The summed E-state index contributed by atoms with van der Waals surface area (Å²) in [4.78, 5) is 0. The Bertz CT molecular complexity index is 2830. The molecule has 0 aliphatic rings. The van der Waals surface area contributed by atoms with E-state index in [1.165, 1.54) is 68.8 Å². The molecule has 0 spiro atoms. The van der Waals surface area contributed by atoms with Gasteiger partial charge in [-0.2, -0.15) is 0 Å². The van der Waals surface area contributed by atoms with E-state index in [1.807, 2.05) is 109 Å². The fourth-order valence-corrected chi connectivity index (χ4v) is 8.77. The third kappa shape index (κ3) is 38.5. The summed E-state index contributed by atoms with van der Waals surface area (Å²) in [6.07, 6.45) is 4.42. The Morgan fingerprint density at radius 1 is 0.279 bits per heavy atom. The SMILES string of the molecule is CC(C)Cc1ccc(Cl)cc1.CC(C)Cc1ccc(F)cc1.CC(C)Cc1cccc(Cl)c1.CC(C)c1ccc(Cl)cc1.CC(C)c1ccc(F)cc1.CC(C)c1cccc(Cl)c1.COc1ccc(C(C)C)cc1.COc1ccc(CC(C)C)cc1. The van der Waals surface area contributed by atoms with E-state index in [0.29, 0.717) is 35.5 Å². The summed E-state index contributed by atoms with van der Waals surface area (Å²) in [5.74, 6) is 6.57. The second kappa shape index (κ2) is 44.8. The maximum absolute atomic E-state index is 12.4. The molecule has 0 aromatic heterocycles. The summed E-state index contributed by atoms with van der Waals surface area (Å²) in [6.45, 7) is 34.8. The van der Waals surface area contributed by atoms with E-state index in [4.69, 9.17) is 55.9 Å². The van der Waals surface area contributed by atoms with Crippen LogP contribution in [0.15, 0.2) is 194 Å². The van der Waals surface area contributed by atoms with Crippen LogP contribution in [0.5, 0.6) is 11.5 Å². The Balaban J connectivity index is 0.000000492. The van der Waals surface area contributed by atoms with Crippen LogP contribution in [0.2, 0.25) is 20.1 Å². The number of benzene rings is 8. The molecule has 8 aromatic carbocycles. The minimum Gasteiger partial charge on any atom is -0.497 e. The molecule has 0 heterocycles. The molecule has 0 fully saturated rings. The van der Waals surface area contributed by atoms with Crippen molar-refractivity contribution in [1.82, 2.24) is 0 Å². The summed E-state index contributed by atoms with van der Waals surface area (Å²) in [7, 11) is 3.38. The van der Waals surface area contributed by atoms with Crippen LogP contribution in [0.3, 0.4) is 0 Å². The van der Waals surface area contributed by atoms with E-state index in [2.05, 4.69) is 171 Å². The maximum atomic E-state index is 12.4. The minimum absolute atomic E-state index is 0.155. The summed E-state index contributed by atoms with van der Waals surface area (Å²) in [5, 5.41) is 3.29. The van der Waals surface area contributed by atoms with E-state index in [1.54, 1.807) is 14.2 Å². The summed E-state index contributed by atoms with van der Waals surface area (Å²) in [6, 6.07) is 61.9. The molecule has 0 atom stereocenters. The highest BCUT2D eigenvalue weighted by Crippen LogP contribution is 2.21. The standard InChI is InChI=1S/C11H16O.2C10H13Cl.C10H13F.C10H14O.2C9H11Cl.C9H11F/c1-9(2)8-10-4-6-11(12-3)7-5-10;1-8(2)7-9-3-5-10(11)6-4-9;1-8(2)6-9-4-3-5-10(11)7-9;1-8(2)7-9-3-5-10(11)6-4-9;1-8(2)9-4-6-10(11-3)7-5-9;1-7(2)8-3-5-9(10)6-4-8;1-7(2)8-4-3-5-9(10)6-8;1-7(2)8-3-5-9(10)6-4-8/h4-7,9H,8H2,1-3H3;3-6,8H,7H2,1-2H3;3-5,7-8H,6H2,1-2H3;3-6,8H,7H2,1-2H3;4-8H,1-3H3;3*3-7H,1-2H3. The first-order valence-corrected chi connectivity index (χ1v) is 31.9. The van der Waals surface area contributed by atoms with Gasteiger partial charge in [-0.1, -0.05) is 254 Å². The molecular formula is C78H102Cl4F2O2. The zero-order valence-electron chi connectivity index (χ0n) is 55.0. The van der Waals surface area contributed by atoms with Crippen molar-refractivity contribution in [2.75, 3.05) is 14.2 Å². The lowest BCUT2D eigenvalue weighted by molar-refractivity contribution is 0.414. The molecule has 0 aliphatic carbocycles. The van der Waals surface area contributed by atoms with Crippen LogP contribution in [0.4, 0.5) is 8.78 Å². The molecule has 8 rings (SSSR count). The van der Waals surface area contributed by atoms with Crippen LogP contribution in [0.1, 0.15) is 179 Å². The smallest absolute Gasteiger partial charge is 0.123 e. The van der Waals surface area contributed by atoms with Crippen molar-refractivity contribution in [3.8, 4) is 11.5 Å². The van der Waals surface area contributed by atoms with Gasteiger partial charge in [0.1, 0.15) is 23.1 Å². The van der Waals surface area contributed by atoms with Crippen molar-refractivity contribution < 1.29 is 18.3 Å².